The van der Waals surface area contributed by atoms with Crippen LogP contribution < -0.4 is 0 Å². The van der Waals surface area contributed by atoms with Gasteiger partial charge in [0.1, 0.15) is 5.15 Å². The molecular formula is C17H16ClNO3. The van der Waals surface area contributed by atoms with E-state index in [0.717, 1.165) is 11.1 Å². The number of carbonyl (C=O) groups excluding carboxylic acids is 2. The summed E-state index contributed by atoms with van der Waals surface area (Å²) in [4.78, 5) is 28.1. The number of carbonyl (C=O) groups is 2. The summed E-state index contributed by atoms with van der Waals surface area (Å²) in [6.45, 7) is 5.46. The van der Waals surface area contributed by atoms with Gasteiger partial charge in [0.2, 0.25) is 5.78 Å². The molecule has 0 bridgehead atoms. The van der Waals surface area contributed by atoms with Crippen LogP contribution in [0.2, 0.25) is 5.15 Å². The third-order valence-electron chi connectivity index (χ3n) is 3.41. The van der Waals surface area contributed by atoms with Crippen molar-refractivity contribution in [3.8, 4) is 0 Å². The number of hydrogen-bond donors (Lipinski definition) is 0. The zero-order chi connectivity index (χ0) is 16.3. The van der Waals surface area contributed by atoms with E-state index in [1.165, 1.54) is 18.3 Å². The molecule has 0 unspecified atom stereocenters. The Hall–Kier alpha value is -2.20. The Bertz CT molecular complexity index is 710. The van der Waals surface area contributed by atoms with Crippen molar-refractivity contribution < 1.29 is 14.3 Å². The number of rotatable bonds is 4. The van der Waals surface area contributed by atoms with E-state index in [4.69, 9.17) is 16.3 Å². The number of nitrogens with zero attached hydrogens (tertiary/aromatic N) is 1. The molecule has 2 aromatic rings. The summed E-state index contributed by atoms with van der Waals surface area (Å²) in [6.07, 6.45) is 0.447. The molecule has 114 valence electrons. The van der Waals surface area contributed by atoms with Crippen LogP contribution in [0.25, 0.3) is 0 Å². The van der Waals surface area contributed by atoms with Gasteiger partial charge in [-0.3, -0.25) is 4.79 Å². The maximum absolute atomic E-state index is 12.3. The first-order valence-electron chi connectivity index (χ1n) is 6.82. The molecular weight excluding hydrogens is 302 g/mol. The minimum atomic E-state index is -0.870. The van der Waals surface area contributed by atoms with Crippen LogP contribution >= 0.6 is 11.6 Å². The lowest BCUT2D eigenvalue weighted by Gasteiger charge is -2.13. The van der Waals surface area contributed by atoms with Gasteiger partial charge < -0.3 is 4.74 Å². The van der Waals surface area contributed by atoms with Crippen LogP contribution in [0, 0.1) is 13.8 Å². The second-order valence-corrected chi connectivity index (χ2v) is 5.47. The normalized spacial score (nSPS) is 11.8. The monoisotopic (exact) mass is 317 g/mol. The predicted octanol–water partition coefficient (Wildman–Crippen LogP) is 3.78. The quantitative estimate of drug-likeness (QED) is 0.489. The van der Waals surface area contributed by atoms with E-state index in [1.54, 1.807) is 19.1 Å². The zero-order valence-corrected chi connectivity index (χ0v) is 13.3. The Morgan fingerprint density at radius 2 is 1.77 bits per heavy atom. The molecule has 0 aliphatic carbocycles. The molecule has 0 radical (unpaired) electrons. The first-order chi connectivity index (χ1) is 10.4. The van der Waals surface area contributed by atoms with Crippen LogP contribution in [0.3, 0.4) is 0 Å². The average Bonchev–Trinajstić information content (AvgIpc) is 2.49. The second-order valence-electron chi connectivity index (χ2n) is 5.08. The van der Waals surface area contributed by atoms with Crippen molar-refractivity contribution in [3.63, 3.8) is 0 Å². The molecule has 0 aliphatic heterocycles. The van der Waals surface area contributed by atoms with E-state index < -0.39 is 12.1 Å². The number of halogens is 1. The molecule has 1 aromatic heterocycles. The van der Waals surface area contributed by atoms with Gasteiger partial charge in [-0.15, -0.1) is 0 Å². The first kappa shape index (κ1) is 16.2. The van der Waals surface area contributed by atoms with Gasteiger partial charge in [0, 0.05) is 11.8 Å². The molecule has 22 heavy (non-hydrogen) atoms. The van der Waals surface area contributed by atoms with Gasteiger partial charge >= 0.3 is 5.97 Å². The molecule has 0 fully saturated rings. The Balaban J connectivity index is 2.09. The third kappa shape index (κ3) is 3.71. The maximum Gasteiger partial charge on any atom is 0.340 e. The van der Waals surface area contributed by atoms with Crippen molar-refractivity contribution in [1.29, 1.82) is 0 Å². The fourth-order valence-electron chi connectivity index (χ4n) is 1.91. The molecule has 1 atom stereocenters. The van der Waals surface area contributed by atoms with E-state index in [1.807, 2.05) is 19.9 Å². The molecule has 0 amide bonds. The van der Waals surface area contributed by atoms with Crippen molar-refractivity contribution in [2.45, 2.75) is 26.9 Å². The summed E-state index contributed by atoms with van der Waals surface area (Å²) in [5.74, 6) is -0.841. The van der Waals surface area contributed by atoms with E-state index in [0.29, 0.717) is 5.56 Å². The topological polar surface area (TPSA) is 56.3 Å². The summed E-state index contributed by atoms with van der Waals surface area (Å²) < 4.78 is 5.19. The Morgan fingerprint density at radius 3 is 2.36 bits per heavy atom. The fraction of sp³-hybridized carbons (Fsp3) is 0.235. The molecule has 1 heterocycles. The van der Waals surface area contributed by atoms with Crippen molar-refractivity contribution >= 4 is 23.4 Å². The van der Waals surface area contributed by atoms with Gasteiger partial charge in [0.15, 0.2) is 6.10 Å². The maximum atomic E-state index is 12.3. The number of esters is 1. The Morgan fingerprint density at radius 1 is 1.09 bits per heavy atom. The number of aromatic nitrogens is 1. The number of aryl methyl sites for hydroxylation is 2. The lowest BCUT2D eigenvalue weighted by Crippen LogP contribution is -2.24. The molecule has 0 aliphatic rings. The molecule has 4 nitrogen and oxygen atoms in total. The van der Waals surface area contributed by atoms with Crippen molar-refractivity contribution in [2.24, 2.45) is 0 Å². The van der Waals surface area contributed by atoms with Gasteiger partial charge in [-0.2, -0.15) is 0 Å². The number of Topliss-reactive ketones (excluding diaryl/α,β-unsaturated/α-hetero) is 1. The van der Waals surface area contributed by atoms with Crippen LogP contribution in [-0.2, 0) is 4.74 Å². The van der Waals surface area contributed by atoms with Gasteiger partial charge in [-0.1, -0.05) is 23.7 Å². The fourth-order valence-corrected chi connectivity index (χ4v) is 2.02. The first-order valence-corrected chi connectivity index (χ1v) is 7.20. The molecule has 1 aromatic carbocycles. The van der Waals surface area contributed by atoms with Gasteiger partial charge in [0.05, 0.1) is 5.56 Å². The number of hydrogen-bond acceptors (Lipinski definition) is 4. The average molecular weight is 318 g/mol. The number of ether oxygens (including phenoxy) is 1. The standard InChI is InChI=1S/C17H16ClNO3/c1-10-4-5-13(8-11(10)2)16(20)12(3)22-17(21)14-6-7-15(18)19-9-14/h4-9,12H,1-3H3/t12-/m0/s1. The van der Waals surface area contributed by atoms with Crippen molar-refractivity contribution in [2.75, 3.05) is 0 Å². The van der Waals surface area contributed by atoms with Crippen LogP contribution in [0.4, 0.5) is 0 Å². The SMILES string of the molecule is Cc1ccc(C(=O)[C@H](C)OC(=O)c2ccc(Cl)nc2)cc1C. The highest BCUT2D eigenvalue weighted by molar-refractivity contribution is 6.29. The van der Waals surface area contributed by atoms with E-state index >= 15 is 0 Å². The molecule has 5 heteroatoms. The van der Waals surface area contributed by atoms with Crippen LogP contribution in [0.15, 0.2) is 36.5 Å². The van der Waals surface area contributed by atoms with Crippen LogP contribution in [0.1, 0.15) is 38.8 Å². The molecule has 0 saturated carbocycles. The molecule has 0 saturated heterocycles. The van der Waals surface area contributed by atoms with E-state index in [9.17, 15) is 9.59 Å². The Kier molecular flexibility index (Phi) is 4.93. The largest absolute Gasteiger partial charge is 0.451 e. The number of pyridine rings is 1. The smallest absolute Gasteiger partial charge is 0.340 e. The number of benzene rings is 1. The summed E-state index contributed by atoms with van der Waals surface area (Å²) in [6, 6.07) is 8.41. The summed E-state index contributed by atoms with van der Waals surface area (Å²) in [5, 5.41) is 0.288. The number of ketones is 1. The highest BCUT2D eigenvalue weighted by atomic mass is 35.5. The van der Waals surface area contributed by atoms with Crippen LogP contribution in [0.5, 0.6) is 0 Å². The van der Waals surface area contributed by atoms with Gasteiger partial charge in [-0.25, -0.2) is 9.78 Å². The second kappa shape index (κ2) is 6.71. The van der Waals surface area contributed by atoms with Crippen LogP contribution in [-0.4, -0.2) is 22.8 Å². The lowest BCUT2D eigenvalue weighted by atomic mass is 10.0. The summed E-state index contributed by atoms with van der Waals surface area (Å²) >= 11 is 5.66. The predicted molar refractivity (Wildman–Crippen MR) is 84.4 cm³/mol. The zero-order valence-electron chi connectivity index (χ0n) is 12.6. The minimum Gasteiger partial charge on any atom is -0.451 e. The van der Waals surface area contributed by atoms with E-state index in [-0.39, 0.29) is 16.5 Å². The summed E-state index contributed by atoms with van der Waals surface area (Å²) in [5.41, 5.74) is 2.90. The van der Waals surface area contributed by atoms with Crippen molar-refractivity contribution in [1.82, 2.24) is 4.98 Å². The molecule has 2 rings (SSSR count). The highest BCUT2D eigenvalue weighted by Gasteiger charge is 2.20. The van der Waals surface area contributed by atoms with E-state index in [2.05, 4.69) is 4.98 Å². The lowest BCUT2D eigenvalue weighted by molar-refractivity contribution is 0.0318. The van der Waals surface area contributed by atoms with Crippen molar-refractivity contribution in [3.05, 3.63) is 63.9 Å². The Labute approximate surface area is 134 Å². The third-order valence-corrected chi connectivity index (χ3v) is 3.63. The molecule has 0 spiro atoms. The minimum absolute atomic E-state index is 0.238. The van der Waals surface area contributed by atoms with Gasteiger partial charge in [-0.05, 0) is 50.1 Å². The highest BCUT2D eigenvalue weighted by Crippen LogP contribution is 2.14. The summed E-state index contributed by atoms with van der Waals surface area (Å²) in [7, 11) is 0. The van der Waals surface area contributed by atoms with Gasteiger partial charge in [0.25, 0.3) is 0 Å². The molecule has 0 N–H and O–H groups in total.